The van der Waals surface area contributed by atoms with Crippen molar-refractivity contribution < 1.29 is 4.74 Å². The van der Waals surface area contributed by atoms with Gasteiger partial charge in [-0.25, -0.2) is 0 Å². The summed E-state index contributed by atoms with van der Waals surface area (Å²) in [7, 11) is 0. The summed E-state index contributed by atoms with van der Waals surface area (Å²) < 4.78 is 6.29. The van der Waals surface area contributed by atoms with Crippen LogP contribution < -0.4 is 0 Å². The van der Waals surface area contributed by atoms with Gasteiger partial charge in [0.25, 0.3) is 0 Å². The molecule has 1 aliphatic heterocycles. The van der Waals surface area contributed by atoms with Crippen molar-refractivity contribution in [3.63, 3.8) is 0 Å². The first-order valence-electron chi connectivity index (χ1n) is 16.5. The second-order valence-electron chi connectivity index (χ2n) is 14.4. The highest BCUT2D eigenvalue weighted by atomic mass is 16.5. The summed E-state index contributed by atoms with van der Waals surface area (Å²) in [5.41, 5.74) is 0. The number of hydrogen-bond acceptors (Lipinski definition) is 1. The molecule has 1 saturated heterocycles. The van der Waals surface area contributed by atoms with E-state index >= 15 is 0 Å². The van der Waals surface area contributed by atoms with E-state index in [0.717, 1.165) is 78.3 Å². The molecule has 6 atom stereocenters. The molecule has 0 aromatic rings. The van der Waals surface area contributed by atoms with E-state index in [1.54, 1.807) is 12.8 Å². The minimum atomic E-state index is 0.890. The molecule has 0 N–H and O–H groups in total. The molecule has 0 radical (unpaired) electrons. The lowest BCUT2D eigenvalue weighted by molar-refractivity contribution is -0.149. The molecule has 0 spiro atoms. The molecule has 0 bridgehead atoms. The fourth-order valence-corrected chi connectivity index (χ4v) is 10.9. The van der Waals surface area contributed by atoms with Crippen LogP contribution in [-0.2, 0) is 4.74 Å². The highest BCUT2D eigenvalue weighted by Crippen LogP contribution is 2.60. The molecule has 1 nitrogen and oxygen atoms in total. The van der Waals surface area contributed by atoms with E-state index in [1.807, 2.05) is 0 Å². The van der Waals surface area contributed by atoms with Crippen molar-refractivity contribution in [3.8, 4) is 0 Å². The topological polar surface area (TPSA) is 9.23 Å². The Hall–Kier alpha value is -0.300. The van der Waals surface area contributed by atoms with Gasteiger partial charge in [0.15, 0.2) is 0 Å². The molecule has 0 amide bonds. The molecule has 198 valence electrons. The van der Waals surface area contributed by atoms with Gasteiger partial charge in [0.1, 0.15) is 0 Å². The standard InChI is InChI=1S/C34H56O/c1-24-11-17-27(18-12-24)34-30-10-6-5-9-29(30)33(31-21-22-35-23-32(31)34)28-19-15-26(16-20-28)14-13-25-7-3-2-4-8-25/h13-14,24-34H,2-12,15-23H2,1H3/b14-13+. The smallest absolute Gasteiger partial charge is 0.0499 e. The molecule has 6 rings (SSSR count). The van der Waals surface area contributed by atoms with Gasteiger partial charge in [-0.15, -0.1) is 0 Å². The van der Waals surface area contributed by atoms with Crippen LogP contribution in [0.5, 0.6) is 0 Å². The number of rotatable bonds is 4. The van der Waals surface area contributed by atoms with Gasteiger partial charge in [0.2, 0.25) is 0 Å². The fourth-order valence-electron chi connectivity index (χ4n) is 10.9. The predicted molar refractivity (Wildman–Crippen MR) is 147 cm³/mol. The summed E-state index contributed by atoms with van der Waals surface area (Å²) >= 11 is 0. The van der Waals surface area contributed by atoms with Crippen molar-refractivity contribution in [2.24, 2.45) is 65.1 Å². The van der Waals surface area contributed by atoms with Gasteiger partial charge in [-0.1, -0.05) is 64.0 Å². The maximum Gasteiger partial charge on any atom is 0.0499 e. The zero-order valence-electron chi connectivity index (χ0n) is 23.1. The van der Waals surface area contributed by atoms with Crippen LogP contribution in [0.3, 0.4) is 0 Å². The molecule has 0 aromatic carbocycles. The maximum absolute atomic E-state index is 6.29. The Morgan fingerprint density at radius 2 is 1.00 bits per heavy atom. The van der Waals surface area contributed by atoms with E-state index in [2.05, 4.69) is 19.1 Å². The van der Waals surface area contributed by atoms with Gasteiger partial charge in [-0.3, -0.25) is 0 Å². The molecule has 6 unspecified atom stereocenters. The Morgan fingerprint density at radius 1 is 0.486 bits per heavy atom. The summed E-state index contributed by atoms with van der Waals surface area (Å²) in [4.78, 5) is 0. The predicted octanol–water partition coefficient (Wildman–Crippen LogP) is 9.46. The van der Waals surface area contributed by atoms with Crippen LogP contribution in [0.15, 0.2) is 12.2 Å². The summed E-state index contributed by atoms with van der Waals surface area (Å²) in [5.74, 6) is 10.9. The van der Waals surface area contributed by atoms with Crippen LogP contribution in [0, 0.1) is 65.1 Å². The summed E-state index contributed by atoms with van der Waals surface area (Å²) in [6.07, 6.45) is 32.3. The zero-order valence-corrected chi connectivity index (χ0v) is 23.1. The maximum atomic E-state index is 6.29. The van der Waals surface area contributed by atoms with Gasteiger partial charge in [-0.05, 0) is 136 Å². The van der Waals surface area contributed by atoms with Gasteiger partial charge in [0.05, 0.1) is 0 Å². The van der Waals surface area contributed by atoms with Gasteiger partial charge < -0.3 is 4.74 Å². The molecule has 5 aliphatic carbocycles. The molecule has 0 aromatic heterocycles. The molecule has 1 heterocycles. The SMILES string of the molecule is CC1CCC(C2C3CCCCC3C(C3CCC(/C=C/C4CCCCC4)CC3)C3CCOCC32)CC1. The summed E-state index contributed by atoms with van der Waals surface area (Å²) in [5, 5.41) is 0. The quantitative estimate of drug-likeness (QED) is 0.364. The van der Waals surface area contributed by atoms with Gasteiger partial charge in [-0.2, -0.15) is 0 Å². The van der Waals surface area contributed by atoms with E-state index in [-0.39, 0.29) is 0 Å². The first kappa shape index (κ1) is 25.0. The normalized spacial score (nSPS) is 47.8. The lowest BCUT2D eigenvalue weighted by Gasteiger charge is -2.60. The third-order valence-electron chi connectivity index (χ3n) is 12.6. The Kier molecular flexibility index (Phi) is 8.30. The molecular formula is C34H56O. The minimum absolute atomic E-state index is 0.890. The third kappa shape index (κ3) is 5.47. The molecule has 35 heavy (non-hydrogen) atoms. The lowest BCUT2D eigenvalue weighted by atomic mass is 9.46. The van der Waals surface area contributed by atoms with E-state index < -0.39 is 0 Å². The van der Waals surface area contributed by atoms with Crippen LogP contribution in [0.2, 0.25) is 0 Å². The molecular weight excluding hydrogens is 424 g/mol. The first-order valence-corrected chi connectivity index (χ1v) is 16.5. The lowest BCUT2D eigenvalue weighted by Crippen LogP contribution is -2.55. The van der Waals surface area contributed by atoms with E-state index in [1.165, 1.54) is 103 Å². The average Bonchev–Trinajstić information content (AvgIpc) is 2.92. The second-order valence-corrected chi connectivity index (χ2v) is 14.4. The van der Waals surface area contributed by atoms with E-state index in [4.69, 9.17) is 4.74 Å². The van der Waals surface area contributed by atoms with E-state index in [0.29, 0.717) is 0 Å². The zero-order chi connectivity index (χ0) is 23.6. The Morgan fingerprint density at radius 3 is 1.66 bits per heavy atom. The van der Waals surface area contributed by atoms with Crippen LogP contribution in [-0.4, -0.2) is 13.2 Å². The Balaban J connectivity index is 1.15. The van der Waals surface area contributed by atoms with Crippen LogP contribution >= 0.6 is 0 Å². The summed E-state index contributed by atoms with van der Waals surface area (Å²) in [6, 6.07) is 0. The number of ether oxygens (including phenoxy) is 1. The number of fused-ring (bicyclic) bond motifs is 2. The largest absolute Gasteiger partial charge is 0.381 e. The fraction of sp³-hybridized carbons (Fsp3) is 0.941. The third-order valence-corrected chi connectivity index (χ3v) is 12.6. The van der Waals surface area contributed by atoms with Gasteiger partial charge >= 0.3 is 0 Å². The first-order chi connectivity index (χ1) is 17.3. The second kappa shape index (κ2) is 11.6. The highest BCUT2D eigenvalue weighted by Gasteiger charge is 2.55. The minimum Gasteiger partial charge on any atom is -0.381 e. The monoisotopic (exact) mass is 480 g/mol. The molecule has 6 aliphatic rings. The molecule has 1 heteroatoms. The van der Waals surface area contributed by atoms with Crippen molar-refractivity contribution in [1.29, 1.82) is 0 Å². The summed E-state index contributed by atoms with van der Waals surface area (Å²) in [6.45, 7) is 4.67. The average molecular weight is 481 g/mol. The van der Waals surface area contributed by atoms with Crippen molar-refractivity contribution in [2.75, 3.05) is 13.2 Å². The van der Waals surface area contributed by atoms with Crippen molar-refractivity contribution in [2.45, 2.75) is 122 Å². The van der Waals surface area contributed by atoms with Crippen molar-refractivity contribution in [1.82, 2.24) is 0 Å². The van der Waals surface area contributed by atoms with E-state index in [9.17, 15) is 0 Å². The van der Waals surface area contributed by atoms with Crippen molar-refractivity contribution >= 4 is 0 Å². The highest BCUT2D eigenvalue weighted by molar-refractivity contribution is 5.04. The number of allylic oxidation sites excluding steroid dienone is 2. The number of hydrogen-bond donors (Lipinski definition) is 0. The Bertz CT molecular complexity index is 651. The molecule has 6 fully saturated rings. The Labute approximate surface area is 217 Å². The van der Waals surface area contributed by atoms with Crippen LogP contribution in [0.25, 0.3) is 0 Å². The van der Waals surface area contributed by atoms with Gasteiger partial charge in [0, 0.05) is 13.2 Å². The van der Waals surface area contributed by atoms with Crippen LogP contribution in [0.1, 0.15) is 122 Å². The van der Waals surface area contributed by atoms with Crippen LogP contribution in [0.4, 0.5) is 0 Å². The van der Waals surface area contributed by atoms with Crippen molar-refractivity contribution in [3.05, 3.63) is 12.2 Å². The molecule has 5 saturated carbocycles.